The highest BCUT2D eigenvalue weighted by Crippen LogP contribution is 2.23. The van der Waals surface area contributed by atoms with Crippen LogP contribution in [0.15, 0.2) is 99.9 Å². The number of nitrogens with zero attached hydrogens (tertiary/aromatic N) is 1. The van der Waals surface area contributed by atoms with Crippen LogP contribution in [0.3, 0.4) is 0 Å². The Morgan fingerprint density at radius 2 is 1.67 bits per heavy atom. The van der Waals surface area contributed by atoms with Gasteiger partial charge in [0.25, 0.3) is 0 Å². The van der Waals surface area contributed by atoms with Gasteiger partial charge in [-0.1, -0.05) is 60.7 Å². The van der Waals surface area contributed by atoms with Crippen molar-refractivity contribution < 1.29 is 13.9 Å². The van der Waals surface area contributed by atoms with Crippen LogP contribution in [0.4, 0.5) is 0 Å². The van der Waals surface area contributed by atoms with Gasteiger partial charge in [-0.3, -0.25) is 4.79 Å². The summed E-state index contributed by atoms with van der Waals surface area (Å²) < 4.78 is 10.9. The molecule has 4 rings (SSSR count). The van der Waals surface area contributed by atoms with Crippen molar-refractivity contribution in [3.63, 3.8) is 0 Å². The van der Waals surface area contributed by atoms with Crippen molar-refractivity contribution >= 4 is 23.0 Å². The fourth-order valence-electron chi connectivity index (χ4n) is 3.00. The minimum absolute atomic E-state index is 0.137. The van der Waals surface area contributed by atoms with Crippen molar-refractivity contribution in [2.24, 2.45) is 0 Å². The average molecular weight is 393 g/mol. The Labute approximate surface area is 172 Å². The molecule has 0 atom stereocenters. The summed E-state index contributed by atoms with van der Waals surface area (Å²) in [5.74, 6) is -0.610. The molecule has 0 bridgehead atoms. The van der Waals surface area contributed by atoms with Gasteiger partial charge in [-0.15, -0.1) is 0 Å². The van der Waals surface area contributed by atoms with Gasteiger partial charge < -0.3 is 9.15 Å². The summed E-state index contributed by atoms with van der Waals surface area (Å²) in [5, 5.41) is 9.68. The molecule has 0 aliphatic carbocycles. The van der Waals surface area contributed by atoms with Crippen LogP contribution in [0.1, 0.15) is 5.56 Å². The first-order valence-corrected chi connectivity index (χ1v) is 9.16. The molecule has 0 radical (unpaired) electrons. The number of rotatable bonds is 4. The summed E-state index contributed by atoms with van der Waals surface area (Å²) >= 11 is 0. The minimum atomic E-state index is -0.788. The highest BCUT2D eigenvalue weighted by atomic mass is 16.5. The molecule has 30 heavy (non-hydrogen) atoms. The number of nitriles is 1. The predicted molar refractivity (Wildman–Crippen MR) is 114 cm³/mol. The van der Waals surface area contributed by atoms with E-state index in [0.717, 1.165) is 5.56 Å². The Kier molecular flexibility index (Phi) is 5.23. The Hall–Kier alpha value is -4.43. The first-order chi connectivity index (χ1) is 14.7. The number of carbonyl (C=O) groups is 1. The van der Waals surface area contributed by atoms with Crippen molar-refractivity contribution in [1.29, 1.82) is 5.26 Å². The van der Waals surface area contributed by atoms with E-state index in [9.17, 15) is 14.9 Å². The summed E-state index contributed by atoms with van der Waals surface area (Å²) in [4.78, 5) is 25.2. The molecular formula is C25H15NO4. The zero-order chi connectivity index (χ0) is 20.9. The highest BCUT2D eigenvalue weighted by molar-refractivity contribution is 5.99. The molecule has 144 valence electrons. The minimum Gasteiger partial charge on any atom is -0.463 e. The van der Waals surface area contributed by atoms with E-state index in [2.05, 4.69) is 0 Å². The van der Waals surface area contributed by atoms with Crippen LogP contribution >= 0.6 is 0 Å². The second-order valence-electron chi connectivity index (χ2n) is 6.47. The van der Waals surface area contributed by atoms with Crippen molar-refractivity contribution in [3.05, 3.63) is 106 Å². The molecule has 0 unspecified atom stereocenters. The molecule has 0 spiro atoms. The Morgan fingerprint density at radius 3 is 2.37 bits per heavy atom. The standard InChI is InChI=1S/C25H15NO4/c26-15-19(13-17-7-3-1-4-8-17)25(28)30-20-11-12-21-23(14-20)29-16-22(24(21)27)18-9-5-2-6-10-18/h1-14,16H/b19-13-. The fraction of sp³-hybridized carbons (Fsp3) is 0. The summed E-state index contributed by atoms with van der Waals surface area (Å²) in [6, 6.07) is 24.6. The fourth-order valence-corrected chi connectivity index (χ4v) is 3.00. The van der Waals surface area contributed by atoms with Gasteiger partial charge in [-0.05, 0) is 29.3 Å². The van der Waals surface area contributed by atoms with Gasteiger partial charge in [0.1, 0.15) is 29.2 Å². The van der Waals surface area contributed by atoms with E-state index in [1.807, 2.05) is 42.5 Å². The van der Waals surface area contributed by atoms with E-state index in [0.29, 0.717) is 16.5 Å². The number of esters is 1. The Morgan fingerprint density at radius 1 is 0.967 bits per heavy atom. The van der Waals surface area contributed by atoms with Crippen LogP contribution in [0.25, 0.3) is 28.2 Å². The third-order valence-corrected chi connectivity index (χ3v) is 4.49. The van der Waals surface area contributed by atoms with E-state index in [1.54, 1.807) is 30.3 Å². The molecule has 0 fully saturated rings. The lowest BCUT2D eigenvalue weighted by molar-refractivity contribution is -0.129. The van der Waals surface area contributed by atoms with E-state index in [4.69, 9.17) is 9.15 Å². The van der Waals surface area contributed by atoms with E-state index in [1.165, 1.54) is 24.5 Å². The molecule has 5 heteroatoms. The summed E-state index contributed by atoms with van der Waals surface area (Å²) in [6.07, 6.45) is 2.84. The summed E-state index contributed by atoms with van der Waals surface area (Å²) in [7, 11) is 0. The number of ether oxygens (including phenoxy) is 1. The van der Waals surface area contributed by atoms with Gasteiger partial charge in [0.2, 0.25) is 0 Å². The zero-order valence-corrected chi connectivity index (χ0v) is 15.7. The monoisotopic (exact) mass is 393 g/mol. The molecule has 0 amide bonds. The van der Waals surface area contributed by atoms with Crippen LogP contribution in [0, 0.1) is 11.3 Å². The average Bonchev–Trinajstić information content (AvgIpc) is 2.79. The quantitative estimate of drug-likeness (QED) is 0.212. The maximum absolute atomic E-state index is 12.8. The van der Waals surface area contributed by atoms with Crippen LogP contribution in [0.2, 0.25) is 0 Å². The topological polar surface area (TPSA) is 80.3 Å². The lowest BCUT2D eigenvalue weighted by Gasteiger charge is -2.06. The number of fused-ring (bicyclic) bond motifs is 1. The Bertz CT molecular complexity index is 1350. The van der Waals surface area contributed by atoms with Crippen LogP contribution < -0.4 is 10.2 Å². The third-order valence-electron chi connectivity index (χ3n) is 4.49. The van der Waals surface area contributed by atoms with Crippen LogP contribution in [0.5, 0.6) is 5.75 Å². The maximum Gasteiger partial charge on any atom is 0.354 e. The normalized spacial score (nSPS) is 11.1. The maximum atomic E-state index is 12.8. The first kappa shape index (κ1) is 18.9. The number of carbonyl (C=O) groups excluding carboxylic acids is 1. The molecule has 1 heterocycles. The highest BCUT2D eigenvalue weighted by Gasteiger charge is 2.14. The zero-order valence-electron chi connectivity index (χ0n) is 15.7. The van der Waals surface area contributed by atoms with Gasteiger partial charge in [0.15, 0.2) is 5.43 Å². The van der Waals surface area contributed by atoms with Gasteiger partial charge in [0, 0.05) is 6.07 Å². The molecule has 5 nitrogen and oxygen atoms in total. The lowest BCUT2D eigenvalue weighted by atomic mass is 10.1. The largest absolute Gasteiger partial charge is 0.463 e. The van der Waals surface area contributed by atoms with Gasteiger partial charge >= 0.3 is 5.97 Å². The lowest BCUT2D eigenvalue weighted by Crippen LogP contribution is -2.10. The smallest absolute Gasteiger partial charge is 0.354 e. The molecule has 0 saturated heterocycles. The van der Waals surface area contributed by atoms with Crippen LogP contribution in [-0.4, -0.2) is 5.97 Å². The number of hydrogen-bond acceptors (Lipinski definition) is 5. The van der Waals surface area contributed by atoms with Crippen molar-refractivity contribution in [1.82, 2.24) is 0 Å². The molecule has 0 aliphatic rings. The van der Waals surface area contributed by atoms with Crippen molar-refractivity contribution in [3.8, 4) is 22.9 Å². The summed E-state index contributed by atoms with van der Waals surface area (Å²) in [5.41, 5.74) is 1.89. The summed E-state index contributed by atoms with van der Waals surface area (Å²) in [6.45, 7) is 0. The molecule has 0 saturated carbocycles. The third kappa shape index (κ3) is 3.89. The van der Waals surface area contributed by atoms with Gasteiger partial charge in [0.05, 0.1) is 10.9 Å². The second kappa shape index (κ2) is 8.29. The van der Waals surface area contributed by atoms with E-state index < -0.39 is 5.97 Å². The second-order valence-corrected chi connectivity index (χ2v) is 6.47. The molecular weight excluding hydrogens is 378 g/mol. The van der Waals surface area contributed by atoms with Crippen molar-refractivity contribution in [2.45, 2.75) is 0 Å². The number of hydrogen-bond donors (Lipinski definition) is 0. The van der Waals surface area contributed by atoms with E-state index >= 15 is 0 Å². The van der Waals surface area contributed by atoms with Gasteiger partial charge in [-0.2, -0.15) is 5.26 Å². The van der Waals surface area contributed by atoms with Crippen LogP contribution in [-0.2, 0) is 4.79 Å². The molecule has 3 aromatic carbocycles. The first-order valence-electron chi connectivity index (χ1n) is 9.16. The van der Waals surface area contributed by atoms with Crippen molar-refractivity contribution in [2.75, 3.05) is 0 Å². The predicted octanol–water partition coefficient (Wildman–Crippen LogP) is 4.97. The SMILES string of the molecule is N#C/C(=C/c1ccccc1)C(=O)Oc1ccc2c(=O)c(-c3ccccc3)coc2c1. The number of benzene rings is 3. The molecule has 0 aliphatic heterocycles. The molecule has 0 N–H and O–H groups in total. The molecule has 1 aromatic heterocycles. The molecule has 4 aromatic rings. The Balaban J connectivity index is 1.63. The van der Waals surface area contributed by atoms with Gasteiger partial charge in [-0.25, -0.2) is 4.79 Å². The van der Waals surface area contributed by atoms with E-state index in [-0.39, 0.29) is 22.3 Å².